The maximum Gasteiger partial charge on any atom is 0.307 e. The maximum absolute atomic E-state index is 11.8. The molecular formula is C12H14N2O5. The summed E-state index contributed by atoms with van der Waals surface area (Å²) < 4.78 is 0. The predicted octanol–water partition coefficient (Wildman–Crippen LogP) is 1.89. The van der Waals surface area contributed by atoms with Crippen molar-refractivity contribution in [1.82, 2.24) is 0 Å². The lowest BCUT2D eigenvalue weighted by Gasteiger charge is -2.15. The molecule has 1 aromatic carbocycles. The summed E-state index contributed by atoms with van der Waals surface area (Å²) in [5.41, 5.74) is 0.310. The number of carbonyl (C=O) groups excluding carboxylic acids is 1. The van der Waals surface area contributed by atoms with Gasteiger partial charge in [-0.3, -0.25) is 19.7 Å². The van der Waals surface area contributed by atoms with Crippen LogP contribution in [0.4, 0.5) is 11.4 Å². The molecule has 2 atom stereocenters. The zero-order valence-corrected chi connectivity index (χ0v) is 10.5. The number of nitrogens with zero attached hydrogens (tertiary/aromatic N) is 1. The number of nitro groups is 1. The van der Waals surface area contributed by atoms with Gasteiger partial charge in [0.05, 0.1) is 10.8 Å². The third-order valence-corrected chi connectivity index (χ3v) is 2.90. The van der Waals surface area contributed by atoms with Crippen LogP contribution in [0.15, 0.2) is 24.3 Å². The number of carbonyl (C=O) groups is 2. The van der Waals surface area contributed by atoms with Crippen LogP contribution in [0.5, 0.6) is 0 Å². The Morgan fingerprint density at radius 3 is 2.16 bits per heavy atom. The quantitative estimate of drug-likeness (QED) is 0.624. The Hall–Kier alpha value is -2.44. The van der Waals surface area contributed by atoms with Crippen LogP contribution in [0.1, 0.15) is 13.8 Å². The summed E-state index contributed by atoms with van der Waals surface area (Å²) in [6.07, 6.45) is 0. The van der Waals surface area contributed by atoms with Gasteiger partial charge >= 0.3 is 5.97 Å². The zero-order chi connectivity index (χ0) is 14.6. The number of non-ortho nitro benzene ring substituents is 1. The second-order valence-corrected chi connectivity index (χ2v) is 4.21. The lowest BCUT2D eigenvalue weighted by Crippen LogP contribution is -2.29. The number of amides is 1. The molecule has 1 aromatic rings. The van der Waals surface area contributed by atoms with Gasteiger partial charge in [-0.05, 0) is 12.1 Å². The van der Waals surface area contributed by atoms with Crippen LogP contribution in [-0.2, 0) is 9.59 Å². The summed E-state index contributed by atoms with van der Waals surface area (Å²) in [5, 5.41) is 21.8. The average Bonchev–Trinajstić information content (AvgIpc) is 2.37. The molecule has 0 aliphatic carbocycles. The minimum Gasteiger partial charge on any atom is -0.481 e. The Kier molecular flexibility index (Phi) is 4.57. The van der Waals surface area contributed by atoms with Crippen LogP contribution in [-0.4, -0.2) is 21.9 Å². The molecule has 0 spiro atoms. The Balaban J connectivity index is 2.71. The summed E-state index contributed by atoms with van der Waals surface area (Å²) in [6, 6.07) is 5.32. The summed E-state index contributed by atoms with van der Waals surface area (Å²) >= 11 is 0. The number of carboxylic acids is 1. The lowest BCUT2D eigenvalue weighted by molar-refractivity contribution is -0.384. The first-order valence-electron chi connectivity index (χ1n) is 5.61. The first-order chi connectivity index (χ1) is 8.82. The third kappa shape index (κ3) is 3.77. The number of hydrogen-bond acceptors (Lipinski definition) is 4. The van der Waals surface area contributed by atoms with E-state index >= 15 is 0 Å². The fourth-order valence-electron chi connectivity index (χ4n) is 1.36. The van der Waals surface area contributed by atoms with E-state index in [1.807, 2.05) is 0 Å². The molecule has 0 heterocycles. The van der Waals surface area contributed by atoms with Gasteiger partial charge in [0.25, 0.3) is 5.69 Å². The molecule has 0 fully saturated rings. The van der Waals surface area contributed by atoms with Gasteiger partial charge < -0.3 is 10.4 Å². The second kappa shape index (κ2) is 5.94. The topological polar surface area (TPSA) is 110 Å². The zero-order valence-electron chi connectivity index (χ0n) is 10.5. The summed E-state index contributed by atoms with van der Waals surface area (Å²) in [4.78, 5) is 32.5. The second-order valence-electron chi connectivity index (χ2n) is 4.21. The molecule has 0 saturated heterocycles. The molecule has 0 aliphatic rings. The number of nitrogens with one attached hydrogen (secondary N) is 1. The van der Waals surface area contributed by atoms with Crippen LogP contribution >= 0.6 is 0 Å². The number of nitro benzene ring substituents is 1. The highest BCUT2D eigenvalue weighted by Crippen LogP contribution is 2.18. The van der Waals surface area contributed by atoms with Gasteiger partial charge in [0, 0.05) is 23.7 Å². The number of benzene rings is 1. The van der Waals surface area contributed by atoms with Gasteiger partial charge in [-0.25, -0.2) is 0 Å². The van der Waals surface area contributed by atoms with Crippen LogP contribution in [0.25, 0.3) is 0 Å². The van der Waals surface area contributed by atoms with E-state index in [9.17, 15) is 19.7 Å². The minimum atomic E-state index is -1.05. The van der Waals surface area contributed by atoms with Crippen LogP contribution in [0, 0.1) is 22.0 Å². The Morgan fingerprint density at radius 2 is 1.74 bits per heavy atom. The normalized spacial score (nSPS) is 13.4. The van der Waals surface area contributed by atoms with Gasteiger partial charge in [-0.2, -0.15) is 0 Å². The summed E-state index contributed by atoms with van der Waals surface area (Å²) in [6.45, 7) is 2.96. The predicted molar refractivity (Wildman–Crippen MR) is 67.7 cm³/mol. The van der Waals surface area contributed by atoms with Crippen LogP contribution < -0.4 is 5.32 Å². The first kappa shape index (κ1) is 14.6. The molecule has 1 amide bonds. The Labute approximate surface area is 109 Å². The molecule has 19 heavy (non-hydrogen) atoms. The smallest absolute Gasteiger partial charge is 0.307 e. The molecule has 2 N–H and O–H groups in total. The van der Waals surface area contributed by atoms with Crippen molar-refractivity contribution >= 4 is 23.3 Å². The van der Waals surface area contributed by atoms with Gasteiger partial charge in [0.1, 0.15) is 0 Å². The fraction of sp³-hybridized carbons (Fsp3) is 0.333. The monoisotopic (exact) mass is 266 g/mol. The molecule has 1 rings (SSSR count). The van der Waals surface area contributed by atoms with E-state index in [1.54, 1.807) is 0 Å². The van der Waals surface area contributed by atoms with Crippen molar-refractivity contribution in [3.63, 3.8) is 0 Å². The molecule has 2 unspecified atom stereocenters. The number of hydrogen-bond donors (Lipinski definition) is 2. The highest BCUT2D eigenvalue weighted by Gasteiger charge is 2.25. The molecule has 0 bridgehead atoms. The highest BCUT2D eigenvalue weighted by molar-refractivity contribution is 5.94. The van der Waals surface area contributed by atoms with Gasteiger partial charge in [-0.1, -0.05) is 13.8 Å². The minimum absolute atomic E-state index is 0.0787. The Bertz CT molecular complexity index is 497. The standard InChI is InChI=1S/C12H14N2O5/c1-7(8(2)12(16)17)11(15)13-9-3-5-10(6-4-9)14(18)19/h3-8H,1-2H3,(H,13,15)(H,16,17). The summed E-state index contributed by atoms with van der Waals surface area (Å²) in [5.74, 6) is -3.00. The van der Waals surface area contributed by atoms with Crippen molar-refractivity contribution in [3.8, 4) is 0 Å². The van der Waals surface area contributed by atoms with Gasteiger partial charge in [0.15, 0.2) is 0 Å². The molecule has 102 valence electrons. The third-order valence-electron chi connectivity index (χ3n) is 2.90. The molecule has 0 radical (unpaired) electrons. The molecule has 7 heteroatoms. The SMILES string of the molecule is CC(C(=O)O)C(C)C(=O)Nc1ccc([N+](=O)[O-])cc1. The van der Waals surface area contributed by atoms with E-state index < -0.39 is 28.6 Å². The van der Waals surface area contributed by atoms with E-state index in [1.165, 1.54) is 38.1 Å². The van der Waals surface area contributed by atoms with E-state index in [2.05, 4.69) is 5.32 Å². The number of anilines is 1. The van der Waals surface area contributed by atoms with Gasteiger partial charge in [-0.15, -0.1) is 0 Å². The number of rotatable bonds is 5. The molecule has 0 aromatic heterocycles. The maximum atomic E-state index is 11.8. The van der Waals surface area contributed by atoms with Crippen LogP contribution in [0.2, 0.25) is 0 Å². The van der Waals surface area contributed by atoms with E-state index in [4.69, 9.17) is 5.11 Å². The molecule has 7 nitrogen and oxygen atoms in total. The Morgan fingerprint density at radius 1 is 1.21 bits per heavy atom. The molecular weight excluding hydrogens is 252 g/mol. The average molecular weight is 266 g/mol. The molecule has 0 saturated carbocycles. The van der Waals surface area contributed by atoms with Crippen molar-refractivity contribution in [2.45, 2.75) is 13.8 Å². The van der Waals surface area contributed by atoms with Gasteiger partial charge in [0.2, 0.25) is 5.91 Å². The van der Waals surface area contributed by atoms with Crippen LogP contribution in [0.3, 0.4) is 0 Å². The van der Waals surface area contributed by atoms with E-state index in [0.29, 0.717) is 5.69 Å². The first-order valence-corrected chi connectivity index (χ1v) is 5.61. The van der Waals surface area contributed by atoms with E-state index in [-0.39, 0.29) is 5.69 Å². The highest BCUT2D eigenvalue weighted by atomic mass is 16.6. The van der Waals surface area contributed by atoms with Crippen molar-refractivity contribution < 1.29 is 19.6 Å². The van der Waals surface area contributed by atoms with Crippen molar-refractivity contribution in [2.24, 2.45) is 11.8 Å². The fourth-order valence-corrected chi connectivity index (χ4v) is 1.36. The number of aliphatic carboxylic acids is 1. The molecule has 0 aliphatic heterocycles. The van der Waals surface area contributed by atoms with Crippen molar-refractivity contribution in [3.05, 3.63) is 34.4 Å². The summed E-state index contributed by atoms with van der Waals surface area (Å²) in [7, 11) is 0. The number of carboxylic acid groups (broad SMARTS) is 1. The van der Waals surface area contributed by atoms with Crippen molar-refractivity contribution in [2.75, 3.05) is 5.32 Å². The lowest BCUT2D eigenvalue weighted by atomic mass is 9.95. The van der Waals surface area contributed by atoms with Crippen molar-refractivity contribution in [1.29, 1.82) is 0 Å². The van der Waals surface area contributed by atoms with E-state index in [0.717, 1.165) is 0 Å². The largest absolute Gasteiger partial charge is 0.481 e.